The summed E-state index contributed by atoms with van der Waals surface area (Å²) < 4.78 is 29.2. The molecule has 3 aromatic heterocycles. The van der Waals surface area contributed by atoms with Crippen LogP contribution >= 0.6 is 34.0 Å². The first-order valence-corrected chi connectivity index (χ1v) is 14.8. The Morgan fingerprint density at radius 1 is 0.541 bits per heavy atom. The lowest BCUT2D eigenvalue weighted by atomic mass is 10.1. The Hall–Kier alpha value is -2.74. The second kappa shape index (κ2) is 10.2. The third-order valence-electron chi connectivity index (χ3n) is 5.90. The zero-order chi connectivity index (χ0) is 26.4. The van der Waals surface area contributed by atoms with Crippen molar-refractivity contribution in [3.05, 3.63) is 47.5 Å². The van der Waals surface area contributed by atoms with E-state index in [0.717, 1.165) is 55.0 Å². The van der Waals surface area contributed by atoms with Crippen molar-refractivity contribution in [3.63, 3.8) is 0 Å². The highest BCUT2D eigenvalue weighted by atomic mass is 32.1. The maximum Gasteiger partial charge on any atom is 0.132 e. The van der Waals surface area contributed by atoms with Crippen molar-refractivity contribution in [2.45, 2.75) is 53.8 Å². The van der Waals surface area contributed by atoms with Crippen LogP contribution in [0.25, 0.3) is 39.7 Å². The van der Waals surface area contributed by atoms with Crippen LogP contribution in [0.2, 0.25) is 0 Å². The molecule has 0 unspecified atom stereocenters. The van der Waals surface area contributed by atoms with Gasteiger partial charge in [0.15, 0.2) is 0 Å². The average Bonchev–Trinajstić information content (AvgIpc) is 3.48. The molecule has 0 bridgehead atoms. The van der Waals surface area contributed by atoms with Gasteiger partial charge < -0.3 is 18.9 Å². The van der Waals surface area contributed by atoms with Gasteiger partial charge in [0.05, 0.1) is 47.0 Å². The fourth-order valence-corrected chi connectivity index (χ4v) is 8.66. The summed E-state index contributed by atoms with van der Waals surface area (Å²) >= 11 is 5.42. The number of hydrogen-bond acceptors (Lipinski definition) is 7. The van der Waals surface area contributed by atoms with Crippen molar-refractivity contribution in [1.29, 1.82) is 0 Å². The van der Waals surface area contributed by atoms with Crippen molar-refractivity contribution in [3.8, 4) is 43.9 Å². The summed E-state index contributed by atoms with van der Waals surface area (Å²) in [6, 6.07) is 12.9. The van der Waals surface area contributed by atoms with Gasteiger partial charge in [0.2, 0.25) is 0 Å². The molecule has 194 valence electrons. The van der Waals surface area contributed by atoms with Crippen LogP contribution in [0.5, 0.6) is 23.0 Å². The molecule has 2 aromatic carbocycles. The minimum absolute atomic E-state index is 0.0737. The lowest BCUT2D eigenvalue weighted by Gasteiger charge is -2.17. The Balaban J connectivity index is 1.66. The van der Waals surface area contributed by atoms with E-state index in [-0.39, 0.29) is 12.2 Å². The molecule has 5 aromatic rings. The Kier molecular flexibility index (Phi) is 7.14. The standard InChI is InChI=1S/C30H32O4S3/c1-15(2)33-21-11-17(5)9-19(31-7)27(21)23-13-25-29(36-23)30-26(35-25)14-24(37-30)28-20(32-8)10-18(6)12-22(28)34-16(3)4/h9-16H,1-8H3. The van der Waals surface area contributed by atoms with Gasteiger partial charge in [-0.15, -0.1) is 34.0 Å². The zero-order valence-electron chi connectivity index (χ0n) is 22.5. The van der Waals surface area contributed by atoms with Crippen molar-refractivity contribution in [1.82, 2.24) is 0 Å². The molecule has 0 aliphatic rings. The van der Waals surface area contributed by atoms with Crippen LogP contribution in [0.15, 0.2) is 36.4 Å². The minimum Gasteiger partial charge on any atom is -0.496 e. The summed E-state index contributed by atoms with van der Waals surface area (Å²) in [7, 11) is 3.45. The number of rotatable bonds is 8. The van der Waals surface area contributed by atoms with Crippen LogP contribution in [0.1, 0.15) is 38.8 Å². The summed E-state index contributed by atoms with van der Waals surface area (Å²) in [5.41, 5.74) is 4.28. The number of methoxy groups -OCH3 is 2. The van der Waals surface area contributed by atoms with E-state index in [9.17, 15) is 0 Å². The number of fused-ring (bicyclic) bond motifs is 3. The third kappa shape index (κ3) is 4.92. The third-order valence-corrected chi connectivity index (χ3v) is 9.71. The Morgan fingerprint density at radius 2 is 0.919 bits per heavy atom. The van der Waals surface area contributed by atoms with Gasteiger partial charge in [-0.3, -0.25) is 0 Å². The molecular weight excluding hydrogens is 521 g/mol. The molecule has 0 spiro atoms. The van der Waals surface area contributed by atoms with Gasteiger partial charge in [0.25, 0.3) is 0 Å². The molecule has 0 aliphatic heterocycles. The van der Waals surface area contributed by atoms with E-state index in [2.05, 4.69) is 77.9 Å². The normalized spacial score (nSPS) is 11.7. The van der Waals surface area contributed by atoms with Crippen LogP contribution in [-0.2, 0) is 0 Å². The number of aryl methyl sites for hydroxylation is 2. The first-order chi connectivity index (χ1) is 17.7. The monoisotopic (exact) mass is 552 g/mol. The first-order valence-electron chi connectivity index (χ1n) is 12.4. The van der Waals surface area contributed by atoms with Gasteiger partial charge in [-0.1, -0.05) is 0 Å². The molecule has 0 saturated carbocycles. The second-order valence-corrected chi connectivity index (χ2v) is 12.9. The topological polar surface area (TPSA) is 36.9 Å². The summed E-state index contributed by atoms with van der Waals surface area (Å²) in [5, 5.41) is 0. The summed E-state index contributed by atoms with van der Waals surface area (Å²) in [6.45, 7) is 12.4. The molecule has 0 atom stereocenters. The highest BCUT2D eigenvalue weighted by Gasteiger charge is 2.23. The van der Waals surface area contributed by atoms with Crippen LogP contribution < -0.4 is 18.9 Å². The fraction of sp³-hybridized carbons (Fsp3) is 0.333. The van der Waals surface area contributed by atoms with E-state index in [0.29, 0.717) is 0 Å². The van der Waals surface area contributed by atoms with Gasteiger partial charge in [-0.2, -0.15) is 0 Å². The van der Waals surface area contributed by atoms with Gasteiger partial charge in [-0.25, -0.2) is 0 Å². The van der Waals surface area contributed by atoms with Crippen LogP contribution in [-0.4, -0.2) is 26.4 Å². The van der Waals surface area contributed by atoms with E-state index < -0.39 is 0 Å². The van der Waals surface area contributed by atoms with Gasteiger partial charge in [0.1, 0.15) is 23.0 Å². The summed E-state index contributed by atoms with van der Waals surface area (Å²) in [6.07, 6.45) is 0.147. The van der Waals surface area contributed by atoms with E-state index in [1.807, 2.05) is 11.3 Å². The largest absolute Gasteiger partial charge is 0.496 e. The lowest BCUT2D eigenvalue weighted by Crippen LogP contribution is -2.07. The first kappa shape index (κ1) is 25.9. The predicted molar refractivity (Wildman–Crippen MR) is 160 cm³/mol. The zero-order valence-corrected chi connectivity index (χ0v) is 24.9. The molecule has 0 amide bonds. The van der Waals surface area contributed by atoms with E-state index in [1.165, 1.54) is 18.8 Å². The maximum atomic E-state index is 6.23. The molecule has 7 heteroatoms. The van der Waals surface area contributed by atoms with Crippen molar-refractivity contribution in [2.24, 2.45) is 0 Å². The van der Waals surface area contributed by atoms with Crippen LogP contribution in [0.3, 0.4) is 0 Å². The van der Waals surface area contributed by atoms with Gasteiger partial charge in [-0.05, 0) is 89.1 Å². The van der Waals surface area contributed by atoms with Gasteiger partial charge in [0, 0.05) is 19.2 Å². The molecule has 4 nitrogen and oxygen atoms in total. The van der Waals surface area contributed by atoms with Crippen LogP contribution in [0.4, 0.5) is 0 Å². The highest BCUT2D eigenvalue weighted by Crippen LogP contribution is 2.53. The summed E-state index contributed by atoms with van der Waals surface area (Å²) in [5.74, 6) is 3.41. The van der Waals surface area contributed by atoms with Crippen molar-refractivity contribution < 1.29 is 18.9 Å². The molecule has 0 fully saturated rings. The Labute approximate surface area is 230 Å². The lowest BCUT2D eigenvalue weighted by molar-refractivity contribution is 0.242. The molecule has 0 N–H and O–H groups in total. The fourth-order valence-electron chi connectivity index (χ4n) is 4.53. The number of hydrogen-bond donors (Lipinski definition) is 0. The van der Waals surface area contributed by atoms with Crippen LogP contribution in [0, 0.1) is 13.8 Å². The maximum absolute atomic E-state index is 6.23. The number of ether oxygens (including phenoxy) is 4. The molecule has 0 radical (unpaired) electrons. The van der Waals surface area contributed by atoms with E-state index in [1.54, 1.807) is 36.9 Å². The molecule has 37 heavy (non-hydrogen) atoms. The quantitative estimate of drug-likeness (QED) is 0.192. The van der Waals surface area contributed by atoms with Crippen molar-refractivity contribution in [2.75, 3.05) is 14.2 Å². The van der Waals surface area contributed by atoms with Gasteiger partial charge >= 0.3 is 0 Å². The second-order valence-electron chi connectivity index (χ2n) is 9.72. The number of thiophene rings is 3. The predicted octanol–water partition coefficient (Wildman–Crippen LogP) is 9.72. The smallest absolute Gasteiger partial charge is 0.132 e. The average molecular weight is 553 g/mol. The molecule has 0 saturated heterocycles. The molecule has 5 rings (SSSR count). The molecule has 3 heterocycles. The molecule has 0 aliphatic carbocycles. The minimum atomic E-state index is 0.0737. The number of benzene rings is 2. The van der Waals surface area contributed by atoms with E-state index in [4.69, 9.17) is 18.9 Å². The Bertz CT molecular complexity index is 1470. The van der Waals surface area contributed by atoms with Crippen molar-refractivity contribution >= 4 is 52.8 Å². The highest BCUT2D eigenvalue weighted by molar-refractivity contribution is 7.40. The molecular formula is C30H32O4S3. The Morgan fingerprint density at radius 3 is 1.27 bits per heavy atom. The van der Waals surface area contributed by atoms with E-state index >= 15 is 0 Å². The summed E-state index contributed by atoms with van der Waals surface area (Å²) in [4.78, 5) is 2.31. The SMILES string of the molecule is COc1cc(C)cc(OC(C)C)c1-c1cc2sc3cc(-c4c(OC)cc(C)cc4OC(C)C)sc3c2s1.